The first-order valence-corrected chi connectivity index (χ1v) is 7.03. The molecule has 0 bridgehead atoms. The van der Waals surface area contributed by atoms with Crippen molar-refractivity contribution in [3.8, 4) is 0 Å². The van der Waals surface area contributed by atoms with Gasteiger partial charge in [0.2, 0.25) is 0 Å². The van der Waals surface area contributed by atoms with Crippen LogP contribution in [0.15, 0.2) is 36.7 Å². The number of aliphatic hydroxyl groups excluding tert-OH is 1. The minimum absolute atomic E-state index is 0.0571. The summed E-state index contributed by atoms with van der Waals surface area (Å²) in [6, 6.07) is 9.79. The first-order valence-electron chi connectivity index (χ1n) is 7.03. The number of nitrogens with one attached hydrogen (secondary N) is 1. The Kier molecular flexibility index (Phi) is 4.43. The summed E-state index contributed by atoms with van der Waals surface area (Å²) >= 11 is 0. The van der Waals surface area contributed by atoms with Crippen molar-refractivity contribution in [2.45, 2.75) is 32.2 Å². The van der Waals surface area contributed by atoms with Gasteiger partial charge in [0, 0.05) is 5.56 Å². The molecule has 1 unspecified atom stereocenters. The number of aliphatic hydroxyl groups is 1. The van der Waals surface area contributed by atoms with Gasteiger partial charge in [-0.15, -0.1) is 0 Å². The van der Waals surface area contributed by atoms with E-state index in [4.69, 9.17) is 5.73 Å². The van der Waals surface area contributed by atoms with Crippen molar-refractivity contribution in [2.75, 3.05) is 17.7 Å². The molecule has 1 heterocycles. The Morgan fingerprint density at radius 2 is 1.90 bits per heavy atom. The average molecular weight is 286 g/mol. The summed E-state index contributed by atoms with van der Waals surface area (Å²) in [4.78, 5) is 8.36. The number of hydrogen-bond acceptors (Lipinski definition) is 5. The number of rotatable bonds is 5. The van der Waals surface area contributed by atoms with E-state index in [1.54, 1.807) is 0 Å². The second kappa shape index (κ2) is 6.10. The third kappa shape index (κ3) is 3.13. The molecule has 2 aromatic rings. The smallest absolute Gasteiger partial charge is 0.135 e. The van der Waals surface area contributed by atoms with Crippen LogP contribution in [0.25, 0.3) is 0 Å². The van der Waals surface area contributed by atoms with Gasteiger partial charge in [-0.3, -0.25) is 0 Å². The largest absolute Gasteiger partial charge is 0.394 e. The van der Waals surface area contributed by atoms with Crippen molar-refractivity contribution in [3.63, 3.8) is 0 Å². The van der Waals surface area contributed by atoms with E-state index in [2.05, 4.69) is 15.3 Å². The van der Waals surface area contributed by atoms with Gasteiger partial charge in [-0.1, -0.05) is 44.2 Å². The molecule has 0 aliphatic rings. The zero-order chi connectivity index (χ0) is 15.5. The number of benzene rings is 1. The monoisotopic (exact) mass is 286 g/mol. The van der Waals surface area contributed by atoms with Gasteiger partial charge < -0.3 is 16.2 Å². The molecule has 5 nitrogen and oxygen atoms in total. The van der Waals surface area contributed by atoms with Crippen molar-refractivity contribution in [3.05, 3.63) is 47.8 Å². The normalized spacial score (nSPS) is 14.0. The lowest BCUT2D eigenvalue weighted by Crippen LogP contribution is -2.36. The van der Waals surface area contributed by atoms with Crippen molar-refractivity contribution in [1.29, 1.82) is 0 Å². The minimum atomic E-state index is -0.633. The predicted octanol–water partition coefficient (Wildman–Crippen LogP) is 2.50. The fourth-order valence-corrected chi connectivity index (χ4v) is 2.35. The van der Waals surface area contributed by atoms with Crippen LogP contribution in [0.4, 0.5) is 11.6 Å². The van der Waals surface area contributed by atoms with E-state index in [0.717, 1.165) is 11.1 Å². The number of nitrogen functional groups attached to an aromatic ring is 1. The lowest BCUT2D eigenvalue weighted by Gasteiger charge is -2.31. The second-order valence-corrected chi connectivity index (χ2v) is 5.66. The first kappa shape index (κ1) is 15.3. The fourth-order valence-electron chi connectivity index (χ4n) is 2.35. The van der Waals surface area contributed by atoms with Gasteiger partial charge in [0.15, 0.2) is 0 Å². The molecule has 0 fully saturated rings. The summed E-state index contributed by atoms with van der Waals surface area (Å²) in [5.74, 6) is 1.32. The Bertz CT molecular complexity index is 600. The summed E-state index contributed by atoms with van der Waals surface area (Å²) < 4.78 is 0. The molecule has 1 aromatic heterocycles. The van der Waals surface area contributed by atoms with Crippen molar-refractivity contribution < 1.29 is 5.11 Å². The summed E-state index contributed by atoms with van der Waals surface area (Å²) in [7, 11) is 0. The molecular formula is C16H22N4O. The molecule has 5 heteroatoms. The average Bonchev–Trinajstić information content (AvgIpc) is 2.47. The van der Waals surface area contributed by atoms with Gasteiger partial charge in [-0.2, -0.15) is 0 Å². The van der Waals surface area contributed by atoms with Gasteiger partial charge in [-0.05, 0) is 18.4 Å². The number of anilines is 2. The second-order valence-electron chi connectivity index (χ2n) is 5.66. The molecule has 0 aliphatic carbocycles. The standard InChI is InChI=1S/C16H22N4O/c1-11(2)13-14(17)18-10-19-15(13)20-16(3,9-21)12-7-5-4-6-8-12/h4-8,10-11,21H,9H2,1-3H3,(H3,17,18,19,20). The molecule has 0 spiro atoms. The third-order valence-electron chi connectivity index (χ3n) is 3.61. The predicted molar refractivity (Wildman–Crippen MR) is 85.0 cm³/mol. The first-order chi connectivity index (χ1) is 9.98. The Morgan fingerprint density at radius 1 is 1.24 bits per heavy atom. The Hall–Kier alpha value is -2.14. The third-order valence-corrected chi connectivity index (χ3v) is 3.61. The van der Waals surface area contributed by atoms with Crippen LogP contribution in [0.3, 0.4) is 0 Å². The fraction of sp³-hybridized carbons (Fsp3) is 0.375. The SMILES string of the molecule is CC(C)c1c(N)ncnc1NC(C)(CO)c1ccccc1. The van der Waals surface area contributed by atoms with E-state index >= 15 is 0 Å². The van der Waals surface area contributed by atoms with Crippen LogP contribution in [0.1, 0.15) is 37.8 Å². The minimum Gasteiger partial charge on any atom is -0.394 e. The van der Waals surface area contributed by atoms with Crippen LogP contribution in [-0.4, -0.2) is 21.7 Å². The van der Waals surface area contributed by atoms with E-state index in [0.29, 0.717) is 11.6 Å². The molecule has 2 rings (SSSR count). The van der Waals surface area contributed by atoms with Gasteiger partial charge in [0.25, 0.3) is 0 Å². The molecule has 1 atom stereocenters. The van der Waals surface area contributed by atoms with E-state index in [9.17, 15) is 5.11 Å². The Labute approximate surface area is 125 Å². The molecular weight excluding hydrogens is 264 g/mol. The molecule has 0 aliphatic heterocycles. The highest BCUT2D eigenvalue weighted by Crippen LogP contribution is 2.31. The van der Waals surface area contributed by atoms with E-state index in [-0.39, 0.29) is 12.5 Å². The van der Waals surface area contributed by atoms with Crippen LogP contribution in [0, 0.1) is 0 Å². The summed E-state index contributed by atoms with van der Waals surface area (Å²) in [5, 5.41) is 13.2. The van der Waals surface area contributed by atoms with Gasteiger partial charge >= 0.3 is 0 Å². The highest BCUT2D eigenvalue weighted by Gasteiger charge is 2.28. The maximum absolute atomic E-state index is 9.86. The van der Waals surface area contributed by atoms with Crippen molar-refractivity contribution in [1.82, 2.24) is 9.97 Å². The van der Waals surface area contributed by atoms with Gasteiger partial charge in [-0.25, -0.2) is 9.97 Å². The van der Waals surface area contributed by atoms with E-state index < -0.39 is 5.54 Å². The number of aromatic nitrogens is 2. The summed E-state index contributed by atoms with van der Waals surface area (Å²) in [5.41, 5.74) is 7.19. The lowest BCUT2D eigenvalue weighted by molar-refractivity contribution is 0.223. The van der Waals surface area contributed by atoms with Crippen LogP contribution in [0.2, 0.25) is 0 Å². The molecule has 0 saturated carbocycles. The molecule has 0 radical (unpaired) electrons. The molecule has 0 saturated heterocycles. The summed E-state index contributed by atoms with van der Waals surface area (Å²) in [6.07, 6.45) is 1.44. The van der Waals surface area contributed by atoms with Crippen LogP contribution in [0.5, 0.6) is 0 Å². The molecule has 1 aromatic carbocycles. The number of nitrogens with two attached hydrogens (primary N) is 1. The molecule has 21 heavy (non-hydrogen) atoms. The highest BCUT2D eigenvalue weighted by molar-refractivity contribution is 5.58. The summed E-state index contributed by atoms with van der Waals surface area (Å²) in [6.45, 7) is 5.96. The number of hydrogen-bond donors (Lipinski definition) is 3. The maximum Gasteiger partial charge on any atom is 0.135 e. The Morgan fingerprint density at radius 3 is 2.48 bits per heavy atom. The number of nitrogens with zero attached hydrogens (tertiary/aromatic N) is 2. The van der Waals surface area contributed by atoms with Crippen LogP contribution >= 0.6 is 0 Å². The van der Waals surface area contributed by atoms with Crippen molar-refractivity contribution >= 4 is 11.6 Å². The topological polar surface area (TPSA) is 84.1 Å². The lowest BCUT2D eigenvalue weighted by atomic mass is 9.92. The maximum atomic E-state index is 9.86. The van der Waals surface area contributed by atoms with Crippen LogP contribution < -0.4 is 11.1 Å². The van der Waals surface area contributed by atoms with Crippen molar-refractivity contribution in [2.24, 2.45) is 0 Å². The highest BCUT2D eigenvalue weighted by atomic mass is 16.3. The zero-order valence-corrected chi connectivity index (χ0v) is 12.7. The van der Waals surface area contributed by atoms with E-state index in [1.165, 1.54) is 6.33 Å². The zero-order valence-electron chi connectivity index (χ0n) is 12.7. The molecule has 112 valence electrons. The van der Waals surface area contributed by atoms with Gasteiger partial charge in [0.05, 0.1) is 12.1 Å². The van der Waals surface area contributed by atoms with Gasteiger partial charge in [0.1, 0.15) is 18.0 Å². The molecule has 4 N–H and O–H groups in total. The Balaban J connectivity index is 2.42. The molecule has 0 amide bonds. The van der Waals surface area contributed by atoms with E-state index in [1.807, 2.05) is 51.1 Å². The van der Waals surface area contributed by atoms with Crippen LogP contribution in [-0.2, 0) is 5.54 Å². The quantitative estimate of drug-likeness (QED) is 0.786.